The number of methoxy groups -OCH3 is 1. The molecule has 1 atom stereocenters. The average molecular weight is 467 g/mol. The Morgan fingerprint density at radius 3 is 2.79 bits per heavy atom. The lowest BCUT2D eigenvalue weighted by Gasteiger charge is -2.28. The highest BCUT2D eigenvalue weighted by Gasteiger charge is 2.32. The number of benzene rings is 1. The molecule has 3 rings (SSSR count). The summed E-state index contributed by atoms with van der Waals surface area (Å²) >= 11 is 0. The number of pyridine rings is 1. The maximum atomic E-state index is 12.5. The predicted octanol–water partition coefficient (Wildman–Crippen LogP) is 1.81. The molecule has 3 N–H and O–H groups in total. The highest BCUT2D eigenvalue weighted by atomic mass is 16.5. The second-order valence-electron chi connectivity index (χ2n) is 7.07. The topological polar surface area (TPSA) is 140 Å². The largest absolute Gasteiger partial charge is 0.493 e. The summed E-state index contributed by atoms with van der Waals surface area (Å²) in [6.45, 7) is 3.22. The average Bonchev–Trinajstić information content (AvgIpc) is 2.83. The van der Waals surface area contributed by atoms with Gasteiger partial charge >= 0.3 is 12.0 Å². The van der Waals surface area contributed by atoms with Crippen molar-refractivity contribution >= 4 is 24.1 Å². The van der Waals surface area contributed by atoms with E-state index in [0.29, 0.717) is 22.8 Å². The first-order valence-corrected chi connectivity index (χ1v) is 10.4. The summed E-state index contributed by atoms with van der Waals surface area (Å²) in [6, 6.07) is 7.23. The molecule has 2 aromatic rings. The molecule has 1 aliphatic rings. The van der Waals surface area contributed by atoms with Gasteiger partial charge in [-0.15, -0.1) is 0 Å². The normalized spacial score (nSPS) is 15.4. The second kappa shape index (κ2) is 11.5. The number of amides is 3. The summed E-state index contributed by atoms with van der Waals surface area (Å²) in [5.74, 6) is -0.394. The number of nitrogens with zero attached hydrogens (tertiary/aromatic N) is 2. The molecule has 0 bridgehead atoms. The Bertz CT molecular complexity index is 1120. The Balaban J connectivity index is 1.70. The predicted molar refractivity (Wildman–Crippen MR) is 122 cm³/mol. The lowest BCUT2D eigenvalue weighted by molar-refractivity contribution is -0.139. The van der Waals surface area contributed by atoms with Crippen molar-refractivity contribution in [3.63, 3.8) is 0 Å². The summed E-state index contributed by atoms with van der Waals surface area (Å²) in [6.07, 6.45) is 4.70. The minimum atomic E-state index is -0.749. The number of hydrogen-bond donors (Lipinski definition) is 3. The Labute approximate surface area is 196 Å². The second-order valence-corrected chi connectivity index (χ2v) is 7.07. The number of hydrogen-bond acceptors (Lipinski definition) is 8. The van der Waals surface area contributed by atoms with Crippen molar-refractivity contribution in [1.82, 2.24) is 21.0 Å². The molecular formula is C23H25N5O6. The number of carbonyl (C=O) groups is 3. The number of rotatable bonds is 9. The summed E-state index contributed by atoms with van der Waals surface area (Å²) in [5.41, 5.74) is 4.36. The first-order chi connectivity index (χ1) is 16.4. The lowest BCUT2D eigenvalue weighted by atomic mass is 9.95. The van der Waals surface area contributed by atoms with Gasteiger partial charge in [-0.2, -0.15) is 5.10 Å². The van der Waals surface area contributed by atoms with E-state index in [1.807, 2.05) is 0 Å². The maximum absolute atomic E-state index is 12.5. The van der Waals surface area contributed by atoms with Gasteiger partial charge in [-0.3, -0.25) is 9.78 Å². The standard InChI is InChI=1S/C23H25N5O6/c1-4-33-22(30)20-14(2)26-23(31)27-21(20)16-7-8-17(18(10-16)32-3)34-13-19(29)28-25-12-15-6-5-9-24-11-15/h5-12,21H,4,13H2,1-3H3,(H,28,29)(H2,26,27,31)/b25-12-/t21-/m1/s1. The van der Waals surface area contributed by atoms with Gasteiger partial charge in [0.1, 0.15) is 0 Å². The van der Waals surface area contributed by atoms with E-state index in [-0.39, 0.29) is 18.8 Å². The number of aromatic nitrogens is 1. The van der Waals surface area contributed by atoms with Crippen molar-refractivity contribution in [3.8, 4) is 11.5 Å². The van der Waals surface area contributed by atoms with Crippen LogP contribution in [0.5, 0.6) is 11.5 Å². The highest BCUT2D eigenvalue weighted by Crippen LogP contribution is 2.34. The van der Waals surface area contributed by atoms with Crippen LogP contribution in [0.25, 0.3) is 0 Å². The van der Waals surface area contributed by atoms with Crippen LogP contribution in [0.4, 0.5) is 4.79 Å². The molecule has 34 heavy (non-hydrogen) atoms. The van der Waals surface area contributed by atoms with E-state index < -0.39 is 23.9 Å². The molecule has 0 radical (unpaired) electrons. The van der Waals surface area contributed by atoms with Gasteiger partial charge in [0.05, 0.1) is 31.5 Å². The SMILES string of the molecule is CCOC(=O)C1=C(C)NC(=O)N[C@@H]1c1ccc(OCC(=O)N/N=C\c2cccnc2)c(OC)c1. The zero-order chi connectivity index (χ0) is 24.5. The third kappa shape index (κ3) is 6.09. The van der Waals surface area contributed by atoms with Crippen molar-refractivity contribution in [2.75, 3.05) is 20.3 Å². The summed E-state index contributed by atoms with van der Waals surface area (Å²) in [5, 5.41) is 9.16. The molecule has 3 amide bonds. The van der Waals surface area contributed by atoms with Gasteiger partial charge < -0.3 is 24.8 Å². The fraction of sp³-hybridized carbons (Fsp3) is 0.261. The van der Waals surface area contributed by atoms with Gasteiger partial charge in [-0.05, 0) is 37.6 Å². The van der Waals surface area contributed by atoms with E-state index in [1.165, 1.54) is 13.3 Å². The molecule has 0 fully saturated rings. The van der Waals surface area contributed by atoms with E-state index in [2.05, 4.69) is 26.1 Å². The lowest BCUT2D eigenvalue weighted by Crippen LogP contribution is -2.45. The Morgan fingerprint density at radius 1 is 1.26 bits per heavy atom. The van der Waals surface area contributed by atoms with Gasteiger partial charge in [-0.25, -0.2) is 15.0 Å². The minimum absolute atomic E-state index is 0.195. The monoisotopic (exact) mass is 467 g/mol. The maximum Gasteiger partial charge on any atom is 0.338 e. The van der Waals surface area contributed by atoms with Crippen molar-refractivity contribution in [2.24, 2.45) is 5.10 Å². The molecule has 1 aliphatic heterocycles. The molecule has 11 heteroatoms. The molecular weight excluding hydrogens is 442 g/mol. The first-order valence-electron chi connectivity index (χ1n) is 10.4. The van der Waals surface area contributed by atoms with Crippen molar-refractivity contribution < 1.29 is 28.6 Å². The van der Waals surface area contributed by atoms with E-state index >= 15 is 0 Å². The number of carbonyl (C=O) groups excluding carboxylic acids is 3. The number of hydrazone groups is 1. The number of allylic oxidation sites excluding steroid dienone is 1. The van der Waals surface area contributed by atoms with Crippen LogP contribution in [-0.2, 0) is 14.3 Å². The van der Waals surface area contributed by atoms with Crippen molar-refractivity contribution in [2.45, 2.75) is 19.9 Å². The van der Waals surface area contributed by atoms with Crippen LogP contribution >= 0.6 is 0 Å². The molecule has 11 nitrogen and oxygen atoms in total. The molecule has 2 heterocycles. The fourth-order valence-electron chi connectivity index (χ4n) is 3.21. The van der Waals surface area contributed by atoms with E-state index in [0.717, 1.165) is 5.56 Å². The van der Waals surface area contributed by atoms with Crippen LogP contribution in [-0.4, -0.2) is 49.4 Å². The van der Waals surface area contributed by atoms with Crippen LogP contribution in [0, 0.1) is 0 Å². The number of ether oxygens (including phenoxy) is 3. The van der Waals surface area contributed by atoms with Gasteiger partial charge in [0.25, 0.3) is 5.91 Å². The van der Waals surface area contributed by atoms with E-state index in [9.17, 15) is 14.4 Å². The highest BCUT2D eigenvalue weighted by molar-refractivity contribution is 5.95. The zero-order valence-corrected chi connectivity index (χ0v) is 19.0. The quantitative estimate of drug-likeness (QED) is 0.290. The van der Waals surface area contributed by atoms with Gasteiger partial charge in [0, 0.05) is 23.7 Å². The molecule has 1 aromatic carbocycles. The van der Waals surface area contributed by atoms with Crippen LogP contribution in [0.3, 0.4) is 0 Å². The minimum Gasteiger partial charge on any atom is -0.493 e. The van der Waals surface area contributed by atoms with E-state index in [1.54, 1.807) is 56.6 Å². The molecule has 178 valence electrons. The Hall–Kier alpha value is -4.41. The first kappa shape index (κ1) is 24.2. The summed E-state index contributed by atoms with van der Waals surface area (Å²) in [7, 11) is 1.44. The van der Waals surface area contributed by atoms with Gasteiger partial charge in [0.2, 0.25) is 0 Å². The number of urea groups is 1. The Morgan fingerprint density at radius 2 is 2.09 bits per heavy atom. The molecule has 0 unspecified atom stereocenters. The van der Waals surface area contributed by atoms with Crippen LogP contribution in [0.2, 0.25) is 0 Å². The molecule has 1 aromatic heterocycles. The van der Waals surface area contributed by atoms with Crippen LogP contribution in [0.15, 0.2) is 59.1 Å². The zero-order valence-electron chi connectivity index (χ0n) is 19.0. The van der Waals surface area contributed by atoms with Crippen LogP contribution < -0.4 is 25.5 Å². The summed E-state index contributed by atoms with van der Waals surface area (Å²) in [4.78, 5) is 40.5. The van der Waals surface area contributed by atoms with E-state index in [4.69, 9.17) is 14.2 Å². The van der Waals surface area contributed by atoms with Crippen molar-refractivity contribution in [1.29, 1.82) is 0 Å². The number of nitrogens with one attached hydrogen (secondary N) is 3. The molecule has 0 saturated heterocycles. The molecule has 0 spiro atoms. The van der Waals surface area contributed by atoms with Crippen molar-refractivity contribution in [3.05, 3.63) is 65.1 Å². The number of esters is 1. The van der Waals surface area contributed by atoms with Crippen LogP contribution in [0.1, 0.15) is 31.0 Å². The van der Waals surface area contributed by atoms with Gasteiger partial charge in [-0.1, -0.05) is 12.1 Å². The fourth-order valence-corrected chi connectivity index (χ4v) is 3.21. The third-order valence-corrected chi connectivity index (χ3v) is 4.73. The Kier molecular flexibility index (Phi) is 8.16. The summed E-state index contributed by atoms with van der Waals surface area (Å²) < 4.78 is 16.1. The molecule has 0 aliphatic carbocycles. The van der Waals surface area contributed by atoms with Gasteiger partial charge in [0.15, 0.2) is 18.1 Å². The molecule has 0 saturated carbocycles. The third-order valence-electron chi connectivity index (χ3n) is 4.73. The smallest absolute Gasteiger partial charge is 0.338 e.